The van der Waals surface area contributed by atoms with E-state index in [-0.39, 0.29) is 0 Å². The topological polar surface area (TPSA) is 27.7 Å². The fourth-order valence-electron chi connectivity index (χ4n) is 2.90. The van der Waals surface area contributed by atoms with Gasteiger partial charge in [0.05, 0.1) is 18.5 Å². The predicted molar refractivity (Wildman–Crippen MR) is 83.4 cm³/mol. The molecule has 4 rings (SSSR count). The molecule has 2 heterocycles. The molecule has 0 saturated heterocycles. The van der Waals surface area contributed by atoms with Crippen molar-refractivity contribution in [1.29, 1.82) is 0 Å². The number of ether oxygens (including phenoxy) is 1. The molecular formula is C17H17N3O. The van der Waals surface area contributed by atoms with Crippen molar-refractivity contribution < 1.29 is 4.74 Å². The van der Waals surface area contributed by atoms with Crippen LogP contribution in [0, 0.1) is 0 Å². The molecule has 1 N–H and O–H groups in total. The number of nitrogens with one attached hydrogen (secondary N) is 1. The Morgan fingerprint density at radius 1 is 1.10 bits per heavy atom. The van der Waals surface area contributed by atoms with Gasteiger partial charge < -0.3 is 4.74 Å². The lowest BCUT2D eigenvalue weighted by atomic mass is 9.98. The zero-order chi connectivity index (χ0) is 14.2. The number of benzene rings is 2. The van der Waals surface area contributed by atoms with Crippen LogP contribution in [0.3, 0.4) is 0 Å². The molecule has 0 fully saturated rings. The van der Waals surface area contributed by atoms with E-state index in [0.717, 1.165) is 24.4 Å². The molecule has 21 heavy (non-hydrogen) atoms. The summed E-state index contributed by atoms with van der Waals surface area (Å²) < 4.78 is 5.30. The summed E-state index contributed by atoms with van der Waals surface area (Å²) in [6.45, 7) is 0.976. The summed E-state index contributed by atoms with van der Waals surface area (Å²) in [5.41, 5.74) is 8.42. The first-order valence-electron chi connectivity index (χ1n) is 7.12. The van der Waals surface area contributed by atoms with Gasteiger partial charge in [-0.2, -0.15) is 0 Å². The van der Waals surface area contributed by atoms with Crippen molar-refractivity contribution in [3.63, 3.8) is 0 Å². The van der Waals surface area contributed by atoms with Crippen LogP contribution in [-0.2, 0) is 6.42 Å². The Bertz CT molecular complexity index is 711. The summed E-state index contributed by atoms with van der Waals surface area (Å²) in [5.74, 6) is 0.859. The van der Waals surface area contributed by atoms with Crippen molar-refractivity contribution in [1.82, 2.24) is 10.5 Å². The number of hydrogen-bond acceptors (Lipinski definition) is 4. The van der Waals surface area contributed by atoms with E-state index in [4.69, 9.17) is 4.74 Å². The molecule has 0 bridgehead atoms. The van der Waals surface area contributed by atoms with Gasteiger partial charge in [-0.05, 0) is 24.1 Å². The predicted octanol–water partition coefficient (Wildman–Crippen LogP) is 2.79. The molecule has 2 aliphatic heterocycles. The monoisotopic (exact) mass is 279 g/mol. The minimum Gasteiger partial charge on any atom is -0.497 e. The molecule has 0 spiro atoms. The summed E-state index contributed by atoms with van der Waals surface area (Å²) in [6, 6.07) is 16.6. The molecule has 0 aromatic heterocycles. The number of methoxy groups -OCH3 is 1. The Kier molecular flexibility index (Phi) is 2.82. The van der Waals surface area contributed by atoms with E-state index >= 15 is 0 Å². The Morgan fingerprint density at radius 3 is 2.90 bits per heavy atom. The van der Waals surface area contributed by atoms with Crippen LogP contribution in [0.5, 0.6) is 5.75 Å². The van der Waals surface area contributed by atoms with E-state index < -0.39 is 0 Å². The van der Waals surface area contributed by atoms with Crippen LogP contribution in [0.1, 0.15) is 11.1 Å². The van der Waals surface area contributed by atoms with Gasteiger partial charge in [-0.25, -0.2) is 0 Å². The van der Waals surface area contributed by atoms with Crippen molar-refractivity contribution in [2.24, 2.45) is 0 Å². The molecule has 106 valence electrons. The van der Waals surface area contributed by atoms with Crippen LogP contribution in [0.25, 0.3) is 5.70 Å². The van der Waals surface area contributed by atoms with Gasteiger partial charge in [0.15, 0.2) is 0 Å². The van der Waals surface area contributed by atoms with Crippen molar-refractivity contribution in [2.45, 2.75) is 6.42 Å². The highest BCUT2D eigenvalue weighted by Crippen LogP contribution is 2.33. The summed E-state index contributed by atoms with van der Waals surface area (Å²) >= 11 is 0. The lowest BCUT2D eigenvalue weighted by Crippen LogP contribution is -2.42. The molecule has 4 heteroatoms. The summed E-state index contributed by atoms with van der Waals surface area (Å²) in [7, 11) is 1.69. The molecule has 0 amide bonds. The number of fused-ring (bicyclic) bond motifs is 3. The third-order valence-corrected chi connectivity index (χ3v) is 4.00. The molecule has 2 aromatic carbocycles. The number of rotatable bonds is 2. The number of hydrogen-bond donors (Lipinski definition) is 1. The average Bonchev–Trinajstić information content (AvgIpc) is 2.99. The zero-order valence-electron chi connectivity index (χ0n) is 11.9. The SMILES string of the molecule is COc1cccc(N2C=C3c4ccccc4CCN3N2)c1. The van der Waals surface area contributed by atoms with Crippen molar-refractivity contribution >= 4 is 11.4 Å². The fraction of sp³-hybridized carbons (Fsp3) is 0.176. The number of hydrazine groups is 2. The van der Waals surface area contributed by atoms with Gasteiger partial charge in [0.1, 0.15) is 5.75 Å². The average molecular weight is 279 g/mol. The highest BCUT2D eigenvalue weighted by Gasteiger charge is 2.27. The second kappa shape index (κ2) is 4.82. The number of nitrogens with zero attached hydrogens (tertiary/aromatic N) is 2. The molecule has 0 unspecified atom stereocenters. The summed E-state index contributed by atoms with van der Waals surface area (Å²) in [6.07, 6.45) is 3.21. The van der Waals surface area contributed by atoms with Crippen LogP contribution >= 0.6 is 0 Å². The second-order valence-corrected chi connectivity index (χ2v) is 5.24. The molecule has 0 saturated carbocycles. The molecule has 2 aromatic rings. The highest BCUT2D eigenvalue weighted by atomic mass is 16.5. The quantitative estimate of drug-likeness (QED) is 0.915. The van der Waals surface area contributed by atoms with Crippen molar-refractivity contribution in [2.75, 3.05) is 18.7 Å². The largest absolute Gasteiger partial charge is 0.497 e. The van der Waals surface area contributed by atoms with Crippen LogP contribution in [0.15, 0.2) is 54.7 Å². The van der Waals surface area contributed by atoms with Gasteiger partial charge in [0.25, 0.3) is 0 Å². The first kappa shape index (κ1) is 12.3. The van der Waals surface area contributed by atoms with E-state index in [2.05, 4.69) is 47.1 Å². The number of anilines is 1. The molecule has 0 atom stereocenters. The van der Waals surface area contributed by atoms with Gasteiger partial charge in [-0.15, -0.1) is 5.53 Å². The lowest BCUT2D eigenvalue weighted by Gasteiger charge is -2.29. The standard InChI is InChI=1S/C17H17N3O/c1-21-15-7-4-6-14(11-15)20-12-17-16-8-3-2-5-13(16)9-10-19(17)18-20/h2-8,11-12,18H,9-10H2,1H3. The molecular weight excluding hydrogens is 262 g/mol. The van der Waals surface area contributed by atoms with E-state index in [9.17, 15) is 0 Å². The zero-order valence-corrected chi connectivity index (χ0v) is 11.9. The van der Waals surface area contributed by atoms with Gasteiger partial charge in [0.2, 0.25) is 0 Å². The van der Waals surface area contributed by atoms with Crippen molar-refractivity contribution in [3.05, 3.63) is 65.9 Å². The maximum atomic E-state index is 5.30. The third-order valence-electron chi connectivity index (χ3n) is 4.00. The van der Waals surface area contributed by atoms with E-state index in [1.807, 2.05) is 23.2 Å². The highest BCUT2D eigenvalue weighted by molar-refractivity contribution is 5.73. The van der Waals surface area contributed by atoms with Crippen molar-refractivity contribution in [3.8, 4) is 5.75 Å². The van der Waals surface area contributed by atoms with Gasteiger partial charge in [-0.1, -0.05) is 30.3 Å². The maximum absolute atomic E-state index is 5.30. The smallest absolute Gasteiger partial charge is 0.120 e. The lowest BCUT2D eigenvalue weighted by molar-refractivity contribution is 0.307. The van der Waals surface area contributed by atoms with Crippen LogP contribution in [0.2, 0.25) is 0 Å². The van der Waals surface area contributed by atoms with Gasteiger partial charge in [0, 0.05) is 24.4 Å². The molecule has 0 aliphatic carbocycles. The maximum Gasteiger partial charge on any atom is 0.120 e. The first-order valence-corrected chi connectivity index (χ1v) is 7.12. The minimum absolute atomic E-state index is 0.859. The fourth-order valence-corrected chi connectivity index (χ4v) is 2.90. The van der Waals surface area contributed by atoms with Crippen LogP contribution in [-0.4, -0.2) is 18.7 Å². The third kappa shape index (κ3) is 2.04. The Labute approximate surface area is 124 Å². The summed E-state index contributed by atoms with van der Waals surface area (Å²) in [5, 5.41) is 4.24. The second-order valence-electron chi connectivity index (χ2n) is 5.24. The van der Waals surface area contributed by atoms with Gasteiger partial charge >= 0.3 is 0 Å². The molecule has 2 aliphatic rings. The molecule has 0 radical (unpaired) electrons. The van der Waals surface area contributed by atoms with E-state index in [1.165, 1.54) is 16.8 Å². The molecule has 4 nitrogen and oxygen atoms in total. The van der Waals surface area contributed by atoms with Gasteiger partial charge in [-0.3, -0.25) is 10.0 Å². The first-order chi connectivity index (χ1) is 10.3. The van der Waals surface area contributed by atoms with Crippen LogP contribution < -0.4 is 15.3 Å². The van der Waals surface area contributed by atoms with E-state index in [0.29, 0.717) is 0 Å². The Balaban J connectivity index is 1.71. The summed E-state index contributed by atoms with van der Waals surface area (Å²) in [4.78, 5) is 0. The normalized spacial score (nSPS) is 16.3. The van der Waals surface area contributed by atoms with E-state index in [1.54, 1.807) is 7.11 Å². The minimum atomic E-state index is 0.859. The Hall–Kier alpha value is -2.46. The van der Waals surface area contributed by atoms with Crippen LogP contribution in [0.4, 0.5) is 5.69 Å². The Morgan fingerprint density at radius 2 is 2.00 bits per heavy atom.